The zero-order chi connectivity index (χ0) is 12.2. The summed E-state index contributed by atoms with van der Waals surface area (Å²) < 4.78 is 5.60. The Bertz CT molecular complexity index is 137. The van der Waals surface area contributed by atoms with Gasteiger partial charge in [0.25, 0.3) is 0 Å². The van der Waals surface area contributed by atoms with Crippen LogP contribution >= 0.6 is 0 Å². The standard InChI is InChI=1S/C14H31NO/c1-5-10-15-11-7-8-14(6-2)9-12-16-13(3)4/h13-15H,5-12H2,1-4H3. The fourth-order valence-corrected chi connectivity index (χ4v) is 1.84. The molecule has 0 aromatic heterocycles. The minimum Gasteiger partial charge on any atom is -0.379 e. The molecule has 0 saturated carbocycles. The lowest BCUT2D eigenvalue weighted by molar-refractivity contribution is 0.0670. The summed E-state index contributed by atoms with van der Waals surface area (Å²) in [6.45, 7) is 12.0. The molecule has 0 radical (unpaired) electrons. The van der Waals surface area contributed by atoms with Crippen molar-refractivity contribution in [2.75, 3.05) is 19.7 Å². The maximum atomic E-state index is 5.60. The molecule has 0 aliphatic rings. The third-order valence-corrected chi connectivity index (χ3v) is 2.95. The van der Waals surface area contributed by atoms with Gasteiger partial charge >= 0.3 is 0 Å². The van der Waals surface area contributed by atoms with E-state index in [1.54, 1.807) is 0 Å². The van der Waals surface area contributed by atoms with Crippen LogP contribution in [0.15, 0.2) is 0 Å². The van der Waals surface area contributed by atoms with E-state index in [1.165, 1.54) is 38.6 Å². The summed E-state index contributed by atoms with van der Waals surface area (Å²) in [5, 5.41) is 3.46. The SMILES string of the molecule is CCCNCCCC(CC)CCOC(C)C. The molecule has 0 bridgehead atoms. The Balaban J connectivity index is 3.36. The summed E-state index contributed by atoms with van der Waals surface area (Å²) in [6.07, 6.45) is 6.77. The van der Waals surface area contributed by atoms with Gasteiger partial charge in [-0.1, -0.05) is 20.3 Å². The number of ether oxygens (including phenoxy) is 1. The van der Waals surface area contributed by atoms with Crippen molar-refractivity contribution >= 4 is 0 Å². The van der Waals surface area contributed by atoms with Crippen LogP contribution in [-0.4, -0.2) is 25.8 Å². The van der Waals surface area contributed by atoms with Crippen LogP contribution in [0.3, 0.4) is 0 Å². The molecule has 0 fully saturated rings. The second-order valence-electron chi connectivity index (χ2n) is 4.87. The third kappa shape index (κ3) is 10.4. The second-order valence-corrected chi connectivity index (χ2v) is 4.87. The van der Waals surface area contributed by atoms with Gasteiger partial charge in [-0.2, -0.15) is 0 Å². The molecule has 0 heterocycles. The third-order valence-electron chi connectivity index (χ3n) is 2.95. The van der Waals surface area contributed by atoms with Crippen LogP contribution in [0, 0.1) is 5.92 Å². The number of hydrogen-bond donors (Lipinski definition) is 1. The quantitative estimate of drug-likeness (QED) is 0.547. The lowest BCUT2D eigenvalue weighted by Crippen LogP contribution is -2.17. The molecule has 1 atom stereocenters. The molecule has 1 N–H and O–H groups in total. The van der Waals surface area contributed by atoms with Crippen molar-refractivity contribution in [2.24, 2.45) is 5.92 Å². The lowest BCUT2D eigenvalue weighted by atomic mass is 9.97. The van der Waals surface area contributed by atoms with Crippen molar-refractivity contribution in [1.29, 1.82) is 0 Å². The minimum absolute atomic E-state index is 0.378. The number of rotatable bonds is 11. The van der Waals surface area contributed by atoms with Crippen LogP contribution < -0.4 is 5.32 Å². The molecular weight excluding hydrogens is 198 g/mol. The van der Waals surface area contributed by atoms with Gasteiger partial charge in [0.2, 0.25) is 0 Å². The Hall–Kier alpha value is -0.0800. The molecule has 2 heteroatoms. The number of hydrogen-bond acceptors (Lipinski definition) is 2. The van der Waals surface area contributed by atoms with Crippen molar-refractivity contribution in [2.45, 2.75) is 65.9 Å². The highest BCUT2D eigenvalue weighted by Crippen LogP contribution is 2.15. The van der Waals surface area contributed by atoms with E-state index in [0.29, 0.717) is 6.10 Å². The fraction of sp³-hybridized carbons (Fsp3) is 1.00. The first kappa shape index (κ1) is 15.9. The average Bonchev–Trinajstić information content (AvgIpc) is 2.26. The molecule has 0 rings (SSSR count). The average molecular weight is 229 g/mol. The van der Waals surface area contributed by atoms with E-state index in [9.17, 15) is 0 Å². The summed E-state index contributed by atoms with van der Waals surface area (Å²) in [5.74, 6) is 0.849. The summed E-state index contributed by atoms with van der Waals surface area (Å²) in [7, 11) is 0. The van der Waals surface area contributed by atoms with Gasteiger partial charge in [0, 0.05) is 6.61 Å². The molecule has 0 aromatic carbocycles. The van der Waals surface area contributed by atoms with Gasteiger partial charge in [0.1, 0.15) is 0 Å². The van der Waals surface area contributed by atoms with Crippen molar-refractivity contribution in [1.82, 2.24) is 5.32 Å². The Morgan fingerprint density at radius 3 is 2.38 bits per heavy atom. The highest BCUT2D eigenvalue weighted by molar-refractivity contribution is 4.59. The molecule has 0 saturated heterocycles. The van der Waals surface area contributed by atoms with Gasteiger partial charge in [-0.25, -0.2) is 0 Å². The molecule has 2 nitrogen and oxygen atoms in total. The Labute approximate surface area is 102 Å². The van der Waals surface area contributed by atoms with Crippen LogP contribution in [0.5, 0.6) is 0 Å². The summed E-state index contributed by atoms with van der Waals surface area (Å²) in [4.78, 5) is 0. The maximum absolute atomic E-state index is 5.60. The normalized spacial score (nSPS) is 13.3. The Morgan fingerprint density at radius 1 is 1.06 bits per heavy atom. The van der Waals surface area contributed by atoms with Gasteiger partial charge in [-0.05, 0) is 58.5 Å². The van der Waals surface area contributed by atoms with Crippen LogP contribution in [0.1, 0.15) is 59.8 Å². The first-order chi connectivity index (χ1) is 7.70. The zero-order valence-corrected chi connectivity index (χ0v) is 11.7. The fourth-order valence-electron chi connectivity index (χ4n) is 1.84. The van der Waals surface area contributed by atoms with E-state index in [0.717, 1.165) is 19.1 Å². The van der Waals surface area contributed by atoms with Crippen LogP contribution in [0.2, 0.25) is 0 Å². The van der Waals surface area contributed by atoms with E-state index in [4.69, 9.17) is 4.74 Å². The molecule has 16 heavy (non-hydrogen) atoms. The van der Waals surface area contributed by atoms with Gasteiger partial charge in [0.15, 0.2) is 0 Å². The topological polar surface area (TPSA) is 21.3 Å². The van der Waals surface area contributed by atoms with Gasteiger partial charge < -0.3 is 10.1 Å². The van der Waals surface area contributed by atoms with Crippen LogP contribution in [0.4, 0.5) is 0 Å². The van der Waals surface area contributed by atoms with E-state index in [1.807, 2.05) is 0 Å². The van der Waals surface area contributed by atoms with Crippen molar-refractivity contribution in [3.05, 3.63) is 0 Å². The second kappa shape index (κ2) is 11.4. The molecule has 0 aliphatic carbocycles. The highest BCUT2D eigenvalue weighted by Gasteiger charge is 2.06. The smallest absolute Gasteiger partial charge is 0.0518 e. The lowest BCUT2D eigenvalue weighted by Gasteiger charge is -2.16. The monoisotopic (exact) mass is 229 g/mol. The first-order valence-electron chi connectivity index (χ1n) is 7.03. The number of nitrogens with one attached hydrogen (secondary N) is 1. The van der Waals surface area contributed by atoms with Gasteiger partial charge in [0.05, 0.1) is 6.10 Å². The predicted molar refractivity (Wildman–Crippen MR) is 71.9 cm³/mol. The van der Waals surface area contributed by atoms with Crippen molar-refractivity contribution < 1.29 is 4.74 Å². The molecule has 1 unspecified atom stereocenters. The van der Waals surface area contributed by atoms with Crippen LogP contribution in [-0.2, 0) is 4.74 Å². The first-order valence-corrected chi connectivity index (χ1v) is 7.03. The summed E-state index contributed by atoms with van der Waals surface area (Å²) >= 11 is 0. The molecule has 98 valence electrons. The van der Waals surface area contributed by atoms with Gasteiger partial charge in [-0.3, -0.25) is 0 Å². The molecule has 0 aliphatic heterocycles. The summed E-state index contributed by atoms with van der Waals surface area (Å²) in [6, 6.07) is 0. The van der Waals surface area contributed by atoms with Crippen LogP contribution in [0.25, 0.3) is 0 Å². The largest absolute Gasteiger partial charge is 0.379 e. The molecule has 0 aromatic rings. The molecular formula is C14H31NO. The van der Waals surface area contributed by atoms with E-state index in [-0.39, 0.29) is 0 Å². The minimum atomic E-state index is 0.378. The van der Waals surface area contributed by atoms with E-state index in [2.05, 4.69) is 33.0 Å². The molecule has 0 amide bonds. The Kier molecular flexibility index (Phi) is 11.3. The maximum Gasteiger partial charge on any atom is 0.0518 e. The zero-order valence-electron chi connectivity index (χ0n) is 11.7. The predicted octanol–water partition coefficient (Wildman–Crippen LogP) is 3.61. The van der Waals surface area contributed by atoms with Crippen molar-refractivity contribution in [3.63, 3.8) is 0 Å². The van der Waals surface area contributed by atoms with Crippen molar-refractivity contribution in [3.8, 4) is 0 Å². The van der Waals surface area contributed by atoms with E-state index < -0.39 is 0 Å². The highest BCUT2D eigenvalue weighted by atomic mass is 16.5. The summed E-state index contributed by atoms with van der Waals surface area (Å²) in [5.41, 5.74) is 0. The molecule has 0 spiro atoms. The Morgan fingerprint density at radius 2 is 1.81 bits per heavy atom. The van der Waals surface area contributed by atoms with Gasteiger partial charge in [-0.15, -0.1) is 0 Å². The van der Waals surface area contributed by atoms with E-state index >= 15 is 0 Å².